The summed E-state index contributed by atoms with van der Waals surface area (Å²) in [5.41, 5.74) is 0. The molecule has 0 aliphatic heterocycles. The lowest BCUT2D eigenvalue weighted by atomic mass is 10.0. The highest BCUT2D eigenvalue weighted by Crippen LogP contribution is 2.08. The molecule has 0 aromatic carbocycles. The van der Waals surface area contributed by atoms with E-state index < -0.39 is 12.2 Å². The zero-order chi connectivity index (χ0) is 31.9. The molecule has 0 bridgehead atoms. The summed E-state index contributed by atoms with van der Waals surface area (Å²) in [6.45, 7) is 15.0. The van der Waals surface area contributed by atoms with Crippen LogP contribution in [0.15, 0.2) is 0 Å². The van der Waals surface area contributed by atoms with Gasteiger partial charge >= 0.3 is 24.1 Å². The van der Waals surface area contributed by atoms with Crippen LogP contribution in [0.5, 0.6) is 0 Å². The number of carbonyl (C=O) groups excluding carboxylic acids is 4. The molecular weight excluding hydrogens is 632 g/mol. The van der Waals surface area contributed by atoms with Gasteiger partial charge in [0.1, 0.15) is 0 Å². The maximum atomic E-state index is 10.7. The van der Waals surface area contributed by atoms with Gasteiger partial charge in [0.05, 0.1) is 41.7 Å². The summed E-state index contributed by atoms with van der Waals surface area (Å²) in [7, 11) is 8.65. The van der Waals surface area contributed by atoms with Crippen LogP contribution in [0, 0.1) is 23.7 Å². The highest BCUT2D eigenvalue weighted by molar-refractivity contribution is 5.72. The van der Waals surface area contributed by atoms with Crippen molar-refractivity contribution in [3.05, 3.63) is 0 Å². The van der Waals surface area contributed by atoms with E-state index in [-0.39, 0.29) is 103 Å². The first kappa shape index (κ1) is 85.7. The zero-order valence-corrected chi connectivity index (χ0v) is 27.0. The molecule has 0 saturated carbocycles. The van der Waals surface area contributed by atoms with E-state index in [2.05, 4.69) is 57.3 Å². The summed E-state index contributed by atoms with van der Waals surface area (Å²) in [5.74, 6) is 0.950. The standard InChI is InChI=1S/C8H16N2O4.C8H14O4.C6H14O2.C6H14.9CH4/c1-6(4-9-7(11)13-2)5-10-8(12)14-3;1-6(4-7(9)11-2)5-8(10)12-3;1-6(4-7-2)5-8-3;1-4-6(3)5-2;;;;;;;;;/h6H,4-5H2,1-3H3,(H,9,11)(H,10,12);6H,4-5H2,1-3H3;6H,4-5H2,1-3H3;6H,4-5H2,1-3H3;9*1H4. The number of alkyl carbamates (subject to hydrolysis) is 2. The van der Waals surface area contributed by atoms with Gasteiger partial charge in [0.2, 0.25) is 0 Å². The molecule has 0 spiro atoms. The molecule has 312 valence electrons. The number of esters is 2. The smallest absolute Gasteiger partial charge is 0.406 e. The lowest BCUT2D eigenvalue weighted by Gasteiger charge is -2.12. The van der Waals surface area contributed by atoms with Gasteiger partial charge in [-0.1, -0.05) is 121 Å². The molecule has 2 N–H and O–H groups in total. The van der Waals surface area contributed by atoms with Gasteiger partial charge < -0.3 is 39.1 Å². The first-order chi connectivity index (χ1) is 18.8. The largest absolute Gasteiger partial charge is 0.469 e. The van der Waals surface area contributed by atoms with Crippen LogP contribution in [0.3, 0.4) is 0 Å². The Hall–Kier alpha value is -2.60. The lowest BCUT2D eigenvalue weighted by Crippen LogP contribution is -2.35. The van der Waals surface area contributed by atoms with E-state index in [1.165, 1.54) is 41.3 Å². The minimum absolute atomic E-state index is 0. The van der Waals surface area contributed by atoms with Crippen molar-refractivity contribution in [3.8, 4) is 0 Å². The molecule has 49 heavy (non-hydrogen) atoms. The fourth-order valence-corrected chi connectivity index (χ4v) is 2.45. The molecule has 0 atom stereocenters. The topological polar surface area (TPSA) is 148 Å². The number of hydrogen-bond donors (Lipinski definition) is 2. The first-order valence-electron chi connectivity index (χ1n) is 13.6. The molecule has 0 saturated heterocycles. The van der Waals surface area contributed by atoms with E-state index >= 15 is 0 Å². The molecule has 0 rings (SSSR count). The Morgan fingerprint density at radius 1 is 0.449 bits per heavy atom. The average Bonchev–Trinajstić information content (AvgIpc) is 2.94. The van der Waals surface area contributed by atoms with Crippen molar-refractivity contribution < 1.29 is 47.6 Å². The van der Waals surface area contributed by atoms with Gasteiger partial charge in [-0.15, -0.1) is 0 Å². The third-order valence-electron chi connectivity index (χ3n) is 5.34. The van der Waals surface area contributed by atoms with Crippen LogP contribution in [-0.4, -0.2) is 93.1 Å². The second kappa shape index (κ2) is 64.0. The van der Waals surface area contributed by atoms with Crippen molar-refractivity contribution in [2.24, 2.45) is 23.7 Å². The third kappa shape index (κ3) is 76.7. The molecule has 2 amide bonds. The van der Waals surface area contributed by atoms with Crippen LogP contribution < -0.4 is 10.6 Å². The van der Waals surface area contributed by atoms with Crippen LogP contribution in [0.1, 0.15) is 134 Å². The Kier molecular flexibility index (Phi) is 112. The van der Waals surface area contributed by atoms with Crippen molar-refractivity contribution in [3.63, 3.8) is 0 Å². The molecule has 0 heterocycles. The summed E-state index contributed by atoms with van der Waals surface area (Å²) in [6.07, 6.45) is 2.22. The Bertz CT molecular complexity index is 576. The summed E-state index contributed by atoms with van der Waals surface area (Å²) in [6, 6.07) is 0. The number of ether oxygens (including phenoxy) is 6. The van der Waals surface area contributed by atoms with Gasteiger partial charge in [-0.3, -0.25) is 9.59 Å². The van der Waals surface area contributed by atoms with E-state index in [1.807, 2.05) is 6.92 Å². The van der Waals surface area contributed by atoms with Crippen LogP contribution in [0.4, 0.5) is 9.59 Å². The van der Waals surface area contributed by atoms with Crippen LogP contribution in [-0.2, 0) is 38.0 Å². The van der Waals surface area contributed by atoms with E-state index in [1.54, 1.807) is 21.1 Å². The number of methoxy groups -OCH3 is 6. The molecule has 0 aliphatic rings. The fraction of sp³-hybridized carbons (Fsp3) is 0.892. The number of nitrogens with one attached hydrogen (secondary N) is 2. The third-order valence-corrected chi connectivity index (χ3v) is 5.34. The Labute approximate surface area is 308 Å². The van der Waals surface area contributed by atoms with Crippen LogP contribution >= 0.6 is 0 Å². The SMILES string of the molecule is C.C.C.C.C.C.C.C.C.CCC(C)CC.COC(=O)CC(C)CC(=O)OC.COC(=O)NCC(C)CNC(=O)OC.COCC(C)COC. The second-order valence-electron chi connectivity index (χ2n) is 9.45. The van der Waals surface area contributed by atoms with Gasteiger partial charge in [-0.25, -0.2) is 9.59 Å². The average molecular weight is 727 g/mol. The predicted octanol–water partition coefficient (Wildman–Crippen LogP) is 10.2. The Balaban J connectivity index is -0.0000000313. The second-order valence-corrected chi connectivity index (χ2v) is 9.45. The number of amides is 2. The predicted molar refractivity (Wildman–Crippen MR) is 216 cm³/mol. The summed E-state index contributed by atoms with van der Waals surface area (Å²) >= 11 is 0. The van der Waals surface area contributed by atoms with Crippen molar-refractivity contribution in [1.29, 1.82) is 0 Å². The van der Waals surface area contributed by atoms with Gasteiger partial charge in [-0.05, 0) is 17.8 Å². The maximum Gasteiger partial charge on any atom is 0.406 e. The molecule has 0 aromatic heterocycles. The fourth-order valence-electron chi connectivity index (χ4n) is 2.45. The van der Waals surface area contributed by atoms with Crippen molar-refractivity contribution in [2.45, 2.75) is 134 Å². The van der Waals surface area contributed by atoms with Gasteiger partial charge in [0.25, 0.3) is 0 Å². The van der Waals surface area contributed by atoms with E-state index in [0.717, 1.165) is 19.1 Å². The number of hydrogen-bond acceptors (Lipinski definition) is 10. The molecule has 12 heteroatoms. The minimum atomic E-state index is -0.477. The zero-order valence-electron chi connectivity index (χ0n) is 27.0. The molecule has 0 unspecified atom stereocenters. The summed E-state index contributed by atoms with van der Waals surface area (Å²) in [4.78, 5) is 42.8. The van der Waals surface area contributed by atoms with E-state index in [4.69, 9.17) is 9.47 Å². The van der Waals surface area contributed by atoms with Crippen molar-refractivity contribution >= 4 is 24.1 Å². The molecular formula is C37H94N2O10. The Morgan fingerprint density at radius 2 is 0.735 bits per heavy atom. The number of rotatable bonds is 14. The Morgan fingerprint density at radius 3 is 0.918 bits per heavy atom. The maximum absolute atomic E-state index is 10.7. The van der Waals surface area contributed by atoms with Crippen molar-refractivity contribution in [1.82, 2.24) is 10.6 Å². The highest BCUT2D eigenvalue weighted by atomic mass is 16.5. The summed E-state index contributed by atoms with van der Waals surface area (Å²) in [5, 5.41) is 5.04. The van der Waals surface area contributed by atoms with Crippen LogP contribution in [0.25, 0.3) is 0 Å². The van der Waals surface area contributed by atoms with Gasteiger partial charge in [0.15, 0.2) is 0 Å². The quantitative estimate of drug-likeness (QED) is 0.131. The lowest BCUT2D eigenvalue weighted by molar-refractivity contribution is -0.144. The molecule has 0 fully saturated rings. The van der Waals surface area contributed by atoms with Gasteiger partial charge in [0, 0.05) is 46.1 Å². The van der Waals surface area contributed by atoms with E-state index in [0.29, 0.717) is 19.0 Å². The van der Waals surface area contributed by atoms with Crippen molar-refractivity contribution in [2.75, 3.05) is 69.0 Å². The summed E-state index contributed by atoms with van der Waals surface area (Å²) < 4.78 is 27.4. The first-order valence-corrected chi connectivity index (χ1v) is 13.6. The van der Waals surface area contributed by atoms with E-state index in [9.17, 15) is 19.2 Å². The number of carbonyl (C=O) groups is 4. The molecule has 0 aliphatic carbocycles. The normalized spacial score (nSPS) is 8.00. The minimum Gasteiger partial charge on any atom is -0.469 e. The molecule has 0 radical (unpaired) electrons. The molecule has 0 aromatic rings. The highest BCUT2D eigenvalue weighted by Gasteiger charge is 2.13. The monoisotopic (exact) mass is 727 g/mol. The van der Waals surface area contributed by atoms with Crippen LogP contribution in [0.2, 0.25) is 0 Å². The van der Waals surface area contributed by atoms with Gasteiger partial charge in [-0.2, -0.15) is 0 Å². The molecule has 12 nitrogen and oxygen atoms in total.